The SMILES string of the molecule is Cl.NCCC(=O)NCC1CCCCN1C(=O)CCCCCc1cccs1. The molecule has 0 spiro atoms. The predicted octanol–water partition coefficient (Wildman–Crippen LogP) is 3.12. The third-order valence-electron chi connectivity index (χ3n) is 4.75. The minimum absolute atomic E-state index is 0. The van der Waals surface area contributed by atoms with Crippen molar-refractivity contribution in [1.82, 2.24) is 10.2 Å². The van der Waals surface area contributed by atoms with Crippen LogP contribution in [0.15, 0.2) is 17.5 Å². The molecule has 7 heteroatoms. The Labute approximate surface area is 167 Å². The number of amides is 2. The van der Waals surface area contributed by atoms with E-state index in [2.05, 4.69) is 22.8 Å². The zero-order chi connectivity index (χ0) is 17.9. The number of hydrogen-bond acceptors (Lipinski definition) is 4. The zero-order valence-corrected chi connectivity index (χ0v) is 17.1. The van der Waals surface area contributed by atoms with E-state index in [4.69, 9.17) is 5.73 Å². The molecule has 0 aromatic carbocycles. The zero-order valence-electron chi connectivity index (χ0n) is 15.5. The molecule has 0 saturated carbocycles. The van der Waals surface area contributed by atoms with E-state index in [0.717, 1.165) is 51.5 Å². The fourth-order valence-electron chi connectivity index (χ4n) is 3.34. The highest BCUT2D eigenvalue weighted by molar-refractivity contribution is 7.09. The van der Waals surface area contributed by atoms with Gasteiger partial charge in [0, 0.05) is 43.4 Å². The number of halogens is 1. The first-order chi connectivity index (χ1) is 12.2. The predicted molar refractivity (Wildman–Crippen MR) is 110 cm³/mol. The fraction of sp³-hybridized carbons (Fsp3) is 0.684. The quantitative estimate of drug-likeness (QED) is 0.591. The Morgan fingerprint density at radius 2 is 2.08 bits per heavy atom. The third-order valence-corrected chi connectivity index (χ3v) is 5.68. The maximum atomic E-state index is 12.6. The van der Waals surface area contributed by atoms with Gasteiger partial charge in [0.1, 0.15) is 0 Å². The summed E-state index contributed by atoms with van der Waals surface area (Å²) in [7, 11) is 0. The van der Waals surface area contributed by atoms with Crippen LogP contribution in [0.5, 0.6) is 0 Å². The summed E-state index contributed by atoms with van der Waals surface area (Å²) in [5, 5.41) is 5.03. The first-order valence-electron chi connectivity index (χ1n) is 9.49. The number of rotatable bonds is 10. The Balaban J connectivity index is 0.00000338. The lowest BCUT2D eigenvalue weighted by molar-refractivity contribution is -0.135. The van der Waals surface area contributed by atoms with E-state index >= 15 is 0 Å². The van der Waals surface area contributed by atoms with Crippen LogP contribution in [0.3, 0.4) is 0 Å². The van der Waals surface area contributed by atoms with Crippen LogP contribution < -0.4 is 11.1 Å². The van der Waals surface area contributed by atoms with Gasteiger partial charge in [-0.2, -0.15) is 0 Å². The smallest absolute Gasteiger partial charge is 0.222 e. The standard InChI is InChI=1S/C19H31N3O2S.ClH/c20-12-11-18(23)21-15-16-7-4-5-13-22(16)19(24)10-3-1-2-8-17-9-6-14-25-17;/h6,9,14,16H,1-5,7-8,10-13,15,20H2,(H,21,23);1H. The molecule has 1 aliphatic rings. The number of likely N-dealkylation sites (tertiary alicyclic amines) is 1. The second kappa shape index (κ2) is 13.1. The normalized spacial score (nSPS) is 16.8. The van der Waals surface area contributed by atoms with Crippen LogP contribution in [0.4, 0.5) is 0 Å². The van der Waals surface area contributed by atoms with Crippen molar-refractivity contribution >= 4 is 35.6 Å². The van der Waals surface area contributed by atoms with E-state index in [1.165, 1.54) is 4.88 Å². The molecule has 3 N–H and O–H groups in total. The molecule has 0 radical (unpaired) electrons. The first kappa shape index (κ1) is 22.9. The van der Waals surface area contributed by atoms with Gasteiger partial charge in [0.2, 0.25) is 11.8 Å². The highest BCUT2D eigenvalue weighted by Crippen LogP contribution is 2.19. The molecule has 0 bridgehead atoms. The summed E-state index contributed by atoms with van der Waals surface area (Å²) in [5.74, 6) is 0.225. The third kappa shape index (κ3) is 8.06. The number of unbranched alkanes of at least 4 members (excludes halogenated alkanes) is 2. The Kier molecular flexibility index (Phi) is 11.6. The van der Waals surface area contributed by atoms with Crippen molar-refractivity contribution in [3.8, 4) is 0 Å². The van der Waals surface area contributed by atoms with Crippen LogP contribution >= 0.6 is 23.7 Å². The summed E-state index contributed by atoms with van der Waals surface area (Å²) in [4.78, 5) is 27.6. The molecular formula is C19H32ClN3O2S. The Bertz CT molecular complexity index is 525. The molecule has 1 unspecified atom stereocenters. The summed E-state index contributed by atoms with van der Waals surface area (Å²) in [6.45, 7) is 1.75. The number of nitrogens with two attached hydrogens (primary N) is 1. The van der Waals surface area contributed by atoms with Gasteiger partial charge in [0.25, 0.3) is 0 Å². The molecule has 1 saturated heterocycles. The van der Waals surface area contributed by atoms with Gasteiger partial charge in [-0.3, -0.25) is 9.59 Å². The number of nitrogens with zero attached hydrogens (tertiary/aromatic N) is 1. The summed E-state index contributed by atoms with van der Waals surface area (Å²) < 4.78 is 0. The molecule has 0 aliphatic carbocycles. The minimum atomic E-state index is -0.0194. The second-order valence-corrected chi connectivity index (χ2v) is 7.75. The van der Waals surface area contributed by atoms with Crippen molar-refractivity contribution in [2.75, 3.05) is 19.6 Å². The van der Waals surface area contributed by atoms with E-state index in [-0.39, 0.29) is 30.3 Å². The van der Waals surface area contributed by atoms with Crippen molar-refractivity contribution in [1.29, 1.82) is 0 Å². The van der Waals surface area contributed by atoms with Crippen LogP contribution in [-0.4, -0.2) is 42.4 Å². The molecule has 1 aromatic rings. The maximum Gasteiger partial charge on any atom is 0.222 e. The van der Waals surface area contributed by atoms with Gasteiger partial charge in [0.15, 0.2) is 0 Å². The van der Waals surface area contributed by atoms with Crippen LogP contribution in [0.25, 0.3) is 0 Å². The van der Waals surface area contributed by atoms with E-state index in [1.807, 2.05) is 4.90 Å². The second-order valence-electron chi connectivity index (χ2n) is 6.72. The largest absolute Gasteiger partial charge is 0.354 e. The lowest BCUT2D eigenvalue weighted by atomic mass is 10.0. The molecule has 1 fully saturated rings. The first-order valence-corrected chi connectivity index (χ1v) is 10.4. The van der Waals surface area contributed by atoms with Gasteiger partial charge in [-0.25, -0.2) is 0 Å². The maximum absolute atomic E-state index is 12.6. The molecule has 26 heavy (non-hydrogen) atoms. The van der Waals surface area contributed by atoms with Gasteiger partial charge in [-0.05, 0) is 50.0 Å². The molecule has 1 atom stereocenters. The van der Waals surface area contributed by atoms with E-state index < -0.39 is 0 Å². The average Bonchev–Trinajstić information content (AvgIpc) is 3.13. The van der Waals surface area contributed by atoms with Crippen molar-refractivity contribution in [2.24, 2.45) is 5.73 Å². The molecule has 2 rings (SSSR count). The van der Waals surface area contributed by atoms with Crippen LogP contribution in [0.2, 0.25) is 0 Å². The summed E-state index contributed by atoms with van der Waals surface area (Å²) in [6, 6.07) is 4.41. The van der Waals surface area contributed by atoms with Gasteiger partial charge in [0.05, 0.1) is 0 Å². The minimum Gasteiger partial charge on any atom is -0.354 e. The lowest BCUT2D eigenvalue weighted by Gasteiger charge is -2.36. The molecule has 148 valence electrons. The highest BCUT2D eigenvalue weighted by Gasteiger charge is 2.26. The molecule has 5 nitrogen and oxygen atoms in total. The van der Waals surface area contributed by atoms with E-state index in [0.29, 0.717) is 25.9 Å². The molecule has 2 amide bonds. The van der Waals surface area contributed by atoms with E-state index in [9.17, 15) is 9.59 Å². The van der Waals surface area contributed by atoms with Crippen molar-refractivity contribution in [3.63, 3.8) is 0 Å². The number of carbonyl (C=O) groups excluding carboxylic acids is 2. The average molecular weight is 402 g/mol. The molecular weight excluding hydrogens is 370 g/mol. The van der Waals surface area contributed by atoms with Gasteiger partial charge in [-0.1, -0.05) is 12.5 Å². The van der Waals surface area contributed by atoms with E-state index in [1.54, 1.807) is 11.3 Å². The molecule has 1 aliphatic heterocycles. The van der Waals surface area contributed by atoms with Crippen LogP contribution in [-0.2, 0) is 16.0 Å². The summed E-state index contributed by atoms with van der Waals surface area (Å²) >= 11 is 1.80. The fourth-order valence-corrected chi connectivity index (χ4v) is 4.09. The Morgan fingerprint density at radius 3 is 2.81 bits per heavy atom. The van der Waals surface area contributed by atoms with Crippen LogP contribution in [0.1, 0.15) is 56.2 Å². The van der Waals surface area contributed by atoms with Crippen molar-refractivity contribution < 1.29 is 9.59 Å². The number of nitrogens with one attached hydrogen (secondary N) is 1. The van der Waals surface area contributed by atoms with Crippen LogP contribution in [0, 0.1) is 0 Å². The number of piperidine rings is 1. The molecule has 1 aromatic heterocycles. The Morgan fingerprint density at radius 1 is 1.23 bits per heavy atom. The topological polar surface area (TPSA) is 75.4 Å². The summed E-state index contributed by atoms with van der Waals surface area (Å²) in [6.07, 6.45) is 8.45. The monoisotopic (exact) mass is 401 g/mol. The van der Waals surface area contributed by atoms with Crippen molar-refractivity contribution in [3.05, 3.63) is 22.4 Å². The summed E-state index contributed by atoms with van der Waals surface area (Å²) in [5.41, 5.74) is 5.40. The van der Waals surface area contributed by atoms with Gasteiger partial charge < -0.3 is 16.0 Å². The van der Waals surface area contributed by atoms with Gasteiger partial charge in [-0.15, -0.1) is 23.7 Å². The highest BCUT2D eigenvalue weighted by atomic mass is 35.5. The molecule has 2 heterocycles. The number of carbonyl (C=O) groups is 2. The number of thiophene rings is 1. The lowest BCUT2D eigenvalue weighted by Crippen LogP contribution is -2.49. The number of hydrogen-bond donors (Lipinski definition) is 2. The number of aryl methyl sites for hydroxylation is 1. The Hall–Kier alpha value is -1.11. The van der Waals surface area contributed by atoms with Gasteiger partial charge >= 0.3 is 0 Å². The van der Waals surface area contributed by atoms with Crippen molar-refractivity contribution in [2.45, 2.75) is 63.8 Å².